The second kappa shape index (κ2) is 5.69. The fourth-order valence-electron chi connectivity index (χ4n) is 1.87. The molecule has 0 aliphatic heterocycles. The van der Waals surface area contributed by atoms with Gasteiger partial charge >= 0.3 is 0 Å². The molecule has 0 saturated carbocycles. The molecule has 0 aliphatic carbocycles. The zero-order chi connectivity index (χ0) is 13.0. The van der Waals surface area contributed by atoms with Crippen LogP contribution in [0.5, 0.6) is 5.75 Å². The molecule has 1 atom stereocenters. The van der Waals surface area contributed by atoms with E-state index in [9.17, 15) is 0 Å². The Hall–Kier alpha value is -1.81. The molecule has 0 amide bonds. The lowest BCUT2D eigenvalue weighted by Gasteiger charge is -2.13. The summed E-state index contributed by atoms with van der Waals surface area (Å²) in [4.78, 5) is 0. The van der Waals surface area contributed by atoms with Crippen LogP contribution in [0.4, 0.5) is 0 Å². The van der Waals surface area contributed by atoms with Crippen molar-refractivity contribution in [2.24, 2.45) is 12.8 Å². The van der Waals surface area contributed by atoms with Gasteiger partial charge in [-0.2, -0.15) is 5.10 Å². The van der Waals surface area contributed by atoms with E-state index in [1.807, 2.05) is 50.6 Å². The van der Waals surface area contributed by atoms with Gasteiger partial charge in [0.1, 0.15) is 5.75 Å². The van der Waals surface area contributed by atoms with Gasteiger partial charge < -0.3 is 10.5 Å². The first-order chi connectivity index (χ1) is 8.66. The number of nitrogens with zero attached hydrogens (tertiary/aromatic N) is 2. The van der Waals surface area contributed by atoms with Crippen molar-refractivity contribution >= 4 is 0 Å². The first kappa shape index (κ1) is 12.6. The molecule has 0 bridgehead atoms. The van der Waals surface area contributed by atoms with Gasteiger partial charge in [-0.3, -0.25) is 4.68 Å². The number of aromatic nitrogens is 2. The van der Waals surface area contributed by atoms with Gasteiger partial charge in [0.05, 0.1) is 12.8 Å². The van der Waals surface area contributed by atoms with E-state index in [0.717, 1.165) is 17.7 Å². The Morgan fingerprint density at radius 1 is 1.39 bits per heavy atom. The van der Waals surface area contributed by atoms with Crippen LogP contribution in [0, 0.1) is 0 Å². The van der Waals surface area contributed by atoms with Crippen molar-refractivity contribution in [2.75, 3.05) is 6.61 Å². The monoisotopic (exact) mass is 245 g/mol. The highest BCUT2D eigenvalue weighted by Gasteiger charge is 2.07. The molecule has 1 aromatic heterocycles. The standard InChI is InChI=1S/C14H19N3O/c1-11(15)13-5-3-4-6-14(13)18-8-7-12-9-16-17(2)10-12/h3-6,9-11H,7-8,15H2,1-2H3. The minimum atomic E-state index is -0.0143. The van der Waals surface area contributed by atoms with Crippen molar-refractivity contribution in [3.63, 3.8) is 0 Å². The van der Waals surface area contributed by atoms with E-state index in [2.05, 4.69) is 5.10 Å². The number of aryl methyl sites for hydroxylation is 1. The van der Waals surface area contributed by atoms with Crippen molar-refractivity contribution < 1.29 is 4.74 Å². The Kier molecular flexibility index (Phi) is 3.99. The van der Waals surface area contributed by atoms with Crippen LogP contribution in [0.1, 0.15) is 24.1 Å². The molecule has 0 radical (unpaired) electrons. The van der Waals surface area contributed by atoms with E-state index >= 15 is 0 Å². The zero-order valence-corrected chi connectivity index (χ0v) is 10.8. The summed E-state index contributed by atoms with van der Waals surface area (Å²) in [5, 5.41) is 4.13. The molecule has 2 rings (SSSR count). The van der Waals surface area contributed by atoms with E-state index in [-0.39, 0.29) is 6.04 Å². The fourth-order valence-corrected chi connectivity index (χ4v) is 1.87. The maximum atomic E-state index is 5.91. The normalized spacial score (nSPS) is 12.4. The number of nitrogens with two attached hydrogens (primary N) is 1. The third-order valence-corrected chi connectivity index (χ3v) is 2.82. The quantitative estimate of drug-likeness (QED) is 0.877. The molecule has 18 heavy (non-hydrogen) atoms. The predicted molar refractivity (Wildman–Crippen MR) is 71.5 cm³/mol. The zero-order valence-electron chi connectivity index (χ0n) is 10.8. The van der Waals surface area contributed by atoms with Gasteiger partial charge in [0.25, 0.3) is 0 Å². The molecular formula is C14H19N3O. The first-order valence-corrected chi connectivity index (χ1v) is 6.11. The minimum absolute atomic E-state index is 0.0143. The molecule has 0 spiro atoms. The number of para-hydroxylation sites is 1. The van der Waals surface area contributed by atoms with Crippen molar-refractivity contribution in [3.05, 3.63) is 47.8 Å². The Balaban J connectivity index is 1.94. The Labute approximate surface area is 107 Å². The SMILES string of the molecule is CC(N)c1ccccc1OCCc1cnn(C)c1. The van der Waals surface area contributed by atoms with Crippen LogP contribution in [0.15, 0.2) is 36.7 Å². The van der Waals surface area contributed by atoms with E-state index < -0.39 is 0 Å². The summed E-state index contributed by atoms with van der Waals surface area (Å²) in [7, 11) is 1.91. The van der Waals surface area contributed by atoms with Crippen LogP contribution in [-0.2, 0) is 13.5 Å². The summed E-state index contributed by atoms with van der Waals surface area (Å²) in [5.74, 6) is 0.872. The Bertz CT molecular complexity index is 505. The van der Waals surface area contributed by atoms with Gasteiger partial charge in [-0.1, -0.05) is 18.2 Å². The molecule has 1 heterocycles. The first-order valence-electron chi connectivity index (χ1n) is 6.11. The molecular weight excluding hydrogens is 226 g/mol. The molecule has 0 aliphatic rings. The molecule has 0 fully saturated rings. The molecule has 96 valence electrons. The molecule has 1 aromatic carbocycles. The Morgan fingerprint density at radius 3 is 2.83 bits per heavy atom. The average molecular weight is 245 g/mol. The van der Waals surface area contributed by atoms with Gasteiger partial charge in [-0.15, -0.1) is 0 Å². The average Bonchev–Trinajstić information content (AvgIpc) is 2.75. The lowest BCUT2D eigenvalue weighted by atomic mass is 10.1. The molecule has 4 heteroatoms. The highest BCUT2D eigenvalue weighted by atomic mass is 16.5. The number of hydrogen-bond donors (Lipinski definition) is 1. The maximum absolute atomic E-state index is 5.91. The van der Waals surface area contributed by atoms with E-state index in [1.54, 1.807) is 4.68 Å². The third-order valence-electron chi connectivity index (χ3n) is 2.82. The molecule has 1 unspecified atom stereocenters. The second-order valence-electron chi connectivity index (χ2n) is 4.45. The van der Waals surface area contributed by atoms with Gasteiger partial charge in [-0.05, 0) is 18.6 Å². The summed E-state index contributed by atoms with van der Waals surface area (Å²) in [6, 6.07) is 7.89. The molecule has 2 N–H and O–H groups in total. The van der Waals surface area contributed by atoms with Crippen LogP contribution in [0.2, 0.25) is 0 Å². The van der Waals surface area contributed by atoms with E-state index in [1.165, 1.54) is 5.56 Å². The van der Waals surface area contributed by atoms with E-state index in [4.69, 9.17) is 10.5 Å². The molecule has 4 nitrogen and oxygen atoms in total. The predicted octanol–water partition coefficient (Wildman–Crippen LogP) is 2.06. The highest BCUT2D eigenvalue weighted by molar-refractivity contribution is 5.35. The van der Waals surface area contributed by atoms with Crippen LogP contribution in [0.25, 0.3) is 0 Å². The maximum Gasteiger partial charge on any atom is 0.124 e. The second-order valence-corrected chi connectivity index (χ2v) is 4.45. The van der Waals surface area contributed by atoms with E-state index in [0.29, 0.717) is 6.61 Å². The van der Waals surface area contributed by atoms with Crippen molar-refractivity contribution in [1.29, 1.82) is 0 Å². The smallest absolute Gasteiger partial charge is 0.124 e. The fraction of sp³-hybridized carbons (Fsp3) is 0.357. The topological polar surface area (TPSA) is 53.1 Å². The van der Waals surface area contributed by atoms with Gasteiger partial charge in [0, 0.05) is 31.3 Å². The summed E-state index contributed by atoms with van der Waals surface area (Å²) in [6.07, 6.45) is 4.71. The largest absolute Gasteiger partial charge is 0.493 e. The summed E-state index contributed by atoms with van der Waals surface area (Å²) in [6.45, 7) is 2.60. The van der Waals surface area contributed by atoms with Crippen molar-refractivity contribution in [2.45, 2.75) is 19.4 Å². The third kappa shape index (κ3) is 3.11. The summed E-state index contributed by atoms with van der Waals surface area (Å²) >= 11 is 0. The number of ether oxygens (including phenoxy) is 1. The molecule has 2 aromatic rings. The highest BCUT2D eigenvalue weighted by Crippen LogP contribution is 2.23. The summed E-state index contributed by atoms with van der Waals surface area (Å²) < 4.78 is 7.59. The lowest BCUT2D eigenvalue weighted by Crippen LogP contribution is -2.09. The number of benzene rings is 1. The van der Waals surface area contributed by atoms with Crippen LogP contribution < -0.4 is 10.5 Å². The van der Waals surface area contributed by atoms with Gasteiger partial charge in [0.2, 0.25) is 0 Å². The van der Waals surface area contributed by atoms with Crippen LogP contribution in [0.3, 0.4) is 0 Å². The van der Waals surface area contributed by atoms with Gasteiger partial charge in [0.15, 0.2) is 0 Å². The number of hydrogen-bond acceptors (Lipinski definition) is 3. The number of rotatable bonds is 5. The van der Waals surface area contributed by atoms with Crippen molar-refractivity contribution in [3.8, 4) is 5.75 Å². The summed E-state index contributed by atoms with van der Waals surface area (Å²) in [5.41, 5.74) is 8.13. The van der Waals surface area contributed by atoms with Crippen LogP contribution >= 0.6 is 0 Å². The minimum Gasteiger partial charge on any atom is -0.493 e. The van der Waals surface area contributed by atoms with Crippen molar-refractivity contribution in [1.82, 2.24) is 9.78 Å². The molecule has 0 saturated heterocycles. The Morgan fingerprint density at radius 2 is 2.17 bits per heavy atom. The lowest BCUT2D eigenvalue weighted by molar-refractivity contribution is 0.317. The van der Waals surface area contributed by atoms with Gasteiger partial charge in [-0.25, -0.2) is 0 Å². The van der Waals surface area contributed by atoms with Crippen LogP contribution in [-0.4, -0.2) is 16.4 Å².